The Morgan fingerprint density at radius 2 is 1.87 bits per heavy atom. The van der Waals surface area contributed by atoms with Gasteiger partial charge in [-0.15, -0.1) is 6.58 Å². The zero-order valence-electron chi connectivity index (χ0n) is 18.3. The molecule has 1 aromatic rings. The molecule has 1 aromatic carbocycles. The number of hydrogen-bond acceptors (Lipinski definition) is 4. The maximum absolute atomic E-state index is 5.77. The average molecular weight is 412 g/mol. The number of dihydropyridines is 1. The minimum Gasteiger partial charge on any atom is -0.442 e. The fraction of sp³-hybridized carbons (Fsp3) is 0.259. The van der Waals surface area contributed by atoms with Crippen LogP contribution >= 0.6 is 0 Å². The lowest BCUT2D eigenvalue weighted by Crippen LogP contribution is -2.64. The fourth-order valence-electron chi connectivity index (χ4n) is 5.44. The second-order valence-corrected chi connectivity index (χ2v) is 8.26. The molecule has 4 atom stereocenters. The molecule has 0 radical (unpaired) electrons. The summed E-state index contributed by atoms with van der Waals surface area (Å²) in [7, 11) is 1.76. The third kappa shape index (κ3) is 2.97. The molecule has 31 heavy (non-hydrogen) atoms. The van der Waals surface area contributed by atoms with Crippen LogP contribution in [0.25, 0.3) is 0 Å². The first kappa shape index (κ1) is 20.9. The molecular weight excluding hydrogens is 382 g/mol. The van der Waals surface area contributed by atoms with Crippen molar-refractivity contribution < 1.29 is 4.74 Å². The minimum atomic E-state index is -0.351. The molecule has 1 aliphatic carbocycles. The summed E-state index contributed by atoms with van der Waals surface area (Å²) in [4.78, 5) is 10.3. The van der Waals surface area contributed by atoms with Crippen LogP contribution in [0.15, 0.2) is 108 Å². The van der Waals surface area contributed by atoms with E-state index in [1.54, 1.807) is 13.1 Å². The van der Waals surface area contributed by atoms with Crippen LogP contribution in [0.2, 0.25) is 0 Å². The Morgan fingerprint density at radius 3 is 2.52 bits per heavy atom. The SMILES string of the molecule is C=CC1=NC2(CC(C)=C1C(=C)OC(=C)NC)C(C=C)C1N=C(C=C)c3ccccc3C12. The fourth-order valence-corrected chi connectivity index (χ4v) is 5.44. The summed E-state index contributed by atoms with van der Waals surface area (Å²) >= 11 is 0. The summed E-state index contributed by atoms with van der Waals surface area (Å²) in [5, 5.41) is 2.89. The standard InChI is InChI=1S/C27H29N3O/c1-8-21-26-25(20-14-12-11-13-19(20)22(9-2)29-26)27(21)15-16(4)24(23(10-3)30-27)17(5)31-18(6)28-7/h8-14,21,25-26,28H,1-3,5-6,15H2,4,7H3. The van der Waals surface area contributed by atoms with Gasteiger partial charge in [0, 0.05) is 30.0 Å². The van der Waals surface area contributed by atoms with Crippen molar-refractivity contribution in [3.63, 3.8) is 0 Å². The van der Waals surface area contributed by atoms with Crippen LogP contribution in [-0.4, -0.2) is 30.1 Å². The quantitative estimate of drug-likeness (QED) is 0.492. The monoisotopic (exact) mass is 411 g/mol. The van der Waals surface area contributed by atoms with Gasteiger partial charge < -0.3 is 10.1 Å². The van der Waals surface area contributed by atoms with E-state index < -0.39 is 0 Å². The maximum atomic E-state index is 5.77. The number of benzene rings is 1. The molecule has 4 unspecified atom stereocenters. The third-order valence-corrected chi connectivity index (χ3v) is 6.69. The van der Waals surface area contributed by atoms with Gasteiger partial charge >= 0.3 is 0 Å². The van der Waals surface area contributed by atoms with E-state index in [2.05, 4.69) is 63.3 Å². The van der Waals surface area contributed by atoms with Crippen molar-refractivity contribution in [3.8, 4) is 0 Å². The van der Waals surface area contributed by atoms with Gasteiger partial charge in [-0.25, -0.2) is 0 Å². The summed E-state index contributed by atoms with van der Waals surface area (Å²) in [5.41, 5.74) is 5.86. The average Bonchev–Trinajstić information content (AvgIpc) is 2.77. The Bertz CT molecular complexity index is 1100. The molecular formula is C27H29N3O. The van der Waals surface area contributed by atoms with E-state index in [0.29, 0.717) is 11.6 Å². The lowest BCUT2D eigenvalue weighted by atomic mass is 9.49. The molecule has 1 saturated carbocycles. The highest BCUT2D eigenvalue weighted by Gasteiger charge is 2.64. The molecule has 0 aromatic heterocycles. The summed E-state index contributed by atoms with van der Waals surface area (Å²) in [6, 6.07) is 8.56. The van der Waals surface area contributed by atoms with Crippen LogP contribution in [-0.2, 0) is 4.74 Å². The molecule has 1 fully saturated rings. The Labute approximate surface area is 184 Å². The highest BCUT2D eigenvalue weighted by molar-refractivity contribution is 6.13. The number of aliphatic imine (C=N–C) groups is 2. The zero-order valence-corrected chi connectivity index (χ0v) is 18.3. The predicted octanol–water partition coefficient (Wildman–Crippen LogP) is 5.25. The smallest absolute Gasteiger partial charge is 0.185 e. The molecule has 1 N–H and O–H groups in total. The molecule has 0 amide bonds. The minimum absolute atomic E-state index is 0.105. The Hall–Kier alpha value is -3.40. The van der Waals surface area contributed by atoms with E-state index in [1.807, 2.05) is 18.2 Å². The summed E-state index contributed by atoms with van der Waals surface area (Å²) in [6.07, 6.45) is 6.42. The van der Waals surface area contributed by atoms with Crippen molar-refractivity contribution in [3.05, 3.63) is 109 Å². The molecule has 4 nitrogen and oxygen atoms in total. The van der Waals surface area contributed by atoms with Crippen molar-refractivity contribution in [2.24, 2.45) is 15.9 Å². The molecule has 3 aliphatic rings. The van der Waals surface area contributed by atoms with Crippen molar-refractivity contribution in [2.45, 2.75) is 30.8 Å². The van der Waals surface area contributed by atoms with Crippen molar-refractivity contribution in [2.75, 3.05) is 7.05 Å². The van der Waals surface area contributed by atoms with Gasteiger partial charge in [-0.1, -0.05) is 55.7 Å². The van der Waals surface area contributed by atoms with Gasteiger partial charge in [-0.3, -0.25) is 9.98 Å². The topological polar surface area (TPSA) is 46.0 Å². The van der Waals surface area contributed by atoms with E-state index in [0.717, 1.165) is 29.0 Å². The van der Waals surface area contributed by atoms with Crippen LogP contribution in [0.3, 0.4) is 0 Å². The van der Waals surface area contributed by atoms with E-state index >= 15 is 0 Å². The third-order valence-electron chi connectivity index (χ3n) is 6.69. The first-order valence-electron chi connectivity index (χ1n) is 10.5. The van der Waals surface area contributed by atoms with E-state index in [1.165, 1.54) is 11.1 Å². The van der Waals surface area contributed by atoms with Gasteiger partial charge in [-0.05, 0) is 37.6 Å². The molecule has 1 spiro atoms. The zero-order chi connectivity index (χ0) is 22.3. The molecule has 2 heterocycles. The van der Waals surface area contributed by atoms with E-state index in [4.69, 9.17) is 14.7 Å². The molecule has 4 rings (SSSR count). The van der Waals surface area contributed by atoms with Gasteiger partial charge in [0.15, 0.2) is 5.88 Å². The van der Waals surface area contributed by atoms with Gasteiger partial charge in [0.2, 0.25) is 0 Å². The van der Waals surface area contributed by atoms with Crippen LogP contribution in [0.4, 0.5) is 0 Å². The van der Waals surface area contributed by atoms with Gasteiger partial charge in [0.25, 0.3) is 0 Å². The Morgan fingerprint density at radius 1 is 1.16 bits per heavy atom. The number of nitrogens with zero attached hydrogens (tertiary/aromatic N) is 2. The van der Waals surface area contributed by atoms with Crippen molar-refractivity contribution >= 4 is 11.4 Å². The second kappa shape index (κ2) is 7.69. The molecule has 158 valence electrons. The number of rotatable bonds is 7. The summed E-state index contributed by atoms with van der Waals surface area (Å²) in [5.74, 6) is 1.25. The summed E-state index contributed by atoms with van der Waals surface area (Å²) < 4.78 is 5.77. The lowest BCUT2D eigenvalue weighted by molar-refractivity contribution is 0.0912. The largest absolute Gasteiger partial charge is 0.442 e. The number of allylic oxidation sites excluding steroid dienone is 3. The molecule has 2 aliphatic heterocycles. The van der Waals surface area contributed by atoms with Gasteiger partial charge in [-0.2, -0.15) is 0 Å². The summed E-state index contributed by atoms with van der Waals surface area (Å²) in [6.45, 7) is 22.2. The molecule has 4 heteroatoms. The van der Waals surface area contributed by atoms with Crippen LogP contribution in [0.1, 0.15) is 30.4 Å². The van der Waals surface area contributed by atoms with Crippen LogP contribution < -0.4 is 5.32 Å². The second-order valence-electron chi connectivity index (χ2n) is 8.26. The normalized spacial score (nSPS) is 28.3. The Balaban J connectivity index is 1.81. The number of hydrogen-bond donors (Lipinski definition) is 1. The lowest BCUT2D eigenvalue weighted by Gasteiger charge is -2.60. The first-order valence-corrected chi connectivity index (χ1v) is 10.5. The predicted molar refractivity (Wildman–Crippen MR) is 129 cm³/mol. The first-order chi connectivity index (χ1) is 14.9. The number of ether oxygens (including phenoxy) is 1. The molecule has 0 saturated heterocycles. The number of nitrogens with one attached hydrogen (secondary N) is 1. The maximum Gasteiger partial charge on any atom is 0.185 e. The Kier molecular flexibility index (Phi) is 5.18. The highest BCUT2D eigenvalue weighted by Crippen LogP contribution is 2.61. The van der Waals surface area contributed by atoms with E-state index in [9.17, 15) is 0 Å². The van der Waals surface area contributed by atoms with Crippen LogP contribution in [0.5, 0.6) is 0 Å². The number of fused-ring (bicyclic) bond motifs is 4. The van der Waals surface area contributed by atoms with Gasteiger partial charge in [0.1, 0.15) is 5.76 Å². The van der Waals surface area contributed by atoms with Crippen molar-refractivity contribution in [1.82, 2.24) is 5.32 Å². The van der Waals surface area contributed by atoms with Crippen LogP contribution in [0, 0.1) is 5.92 Å². The van der Waals surface area contributed by atoms with Crippen molar-refractivity contribution in [1.29, 1.82) is 0 Å². The highest BCUT2D eigenvalue weighted by atomic mass is 16.5. The van der Waals surface area contributed by atoms with E-state index in [-0.39, 0.29) is 23.4 Å². The van der Waals surface area contributed by atoms with Gasteiger partial charge in [0.05, 0.1) is 23.0 Å². The molecule has 0 bridgehead atoms.